The monoisotopic (exact) mass is 337 g/mol. The number of rotatable bonds is 3. The summed E-state index contributed by atoms with van der Waals surface area (Å²) in [7, 11) is 0. The van der Waals surface area contributed by atoms with Crippen LogP contribution in [0.2, 0.25) is 0 Å². The van der Waals surface area contributed by atoms with Crippen LogP contribution in [0.3, 0.4) is 0 Å². The first-order valence-electron chi connectivity index (χ1n) is 10.3. The molecule has 1 aromatic carbocycles. The van der Waals surface area contributed by atoms with E-state index in [-0.39, 0.29) is 0 Å². The van der Waals surface area contributed by atoms with Crippen LogP contribution in [0.15, 0.2) is 24.3 Å². The summed E-state index contributed by atoms with van der Waals surface area (Å²) in [6.07, 6.45) is 10.2. The molecule has 0 aromatic heterocycles. The van der Waals surface area contributed by atoms with Gasteiger partial charge in [-0.2, -0.15) is 0 Å². The van der Waals surface area contributed by atoms with Gasteiger partial charge in [0.2, 0.25) is 0 Å². The van der Waals surface area contributed by atoms with Gasteiger partial charge >= 0.3 is 0 Å². The van der Waals surface area contributed by atoms with Crippen LogP contribution in [-0.2, 0) is 13.0 Å². The zero-order valence-corrected chi connectivity index (χ0v) is 15.5. The fourth-order valence-corrected chi connectivity index (χ4v) is 6.25. The Balaban J connectivity index is 1.46. The van der Waals surface area contributed by atoms with Gasteiger partial charge in [0.15, 0.2) is 0 Å². The highest BCUT2D eigenvalue weighted by molar-refractivity contribution is 5.46. The van der Waals surface area contributed by atoms with Gasteiger partial charge in [0.1, 0.15) is 5.75 Å². The Kier molecular flexibility index (Phi) is 3.57. The fourth-order valence-electron chi connectivity index (χ4n) is 6.25. The summed E-state index contributed by atoms with van der Waals surface area (Å²) in [6.45, 7) is 7.73. The van der Waals surface area contributed by atoms with Crippen molar-refractivity contribution in [2.45, 2.75) is 76.8 Å². The molecule has 4 aliphatic rings. The minimum absolute atomic E-state index is 0.395. The zero-order chi connectivity index (χ0) is 17.2. The van der Waals surface area contributed by atoms with Crippen molar-refractivity contribution in [2.24, 2.45) is 17.3 Å². The molecule has 5 rings (SSSR count). The van der Waals surface area contributed by atoms with Crippen LogP contribution in [0.1, 0.15) is 74.5 Å². The highest BCUT2D eigenvalue weighted by Crippen LogP contribution is 2.62. The van der Waals surface area contributed by atoms with Crippen molar-refractivity contribution >= 4 is 0 Å². The van der Waals surface area contributed by atoms with Crippen LogP contribution in [0.4, 0.5) is 0 Å². The summed E-state index contributed by atoms with van der Waals surface area (Å²) in [5.41, 5.74) is 5.99. The Bertz CT molecular complexity index is 719. The zero-order valence-electron chi connectivity index (χ0n) is 15.5. The molecule has 4 aliphatic carbocycles. The molecule has 0 saturated heterocycles. The van der Waals surface area contributed by atoms with Crippen LogP contribution in [0, 0.1) is 17.3 Å². The van der Waals surface area contributed by atoms with Gasteiger partial charge in [-0.15, -0.1) is 0 Å². The van der Waals surface area contributed by atoms with E-state index in [0.717, 1.165) is 30.4 Å². The number of hydrogen-bond donors (Lipinski definition) is 2. The quantitative estimate of drug-likeness (QED) is 0.756. The molecule has 0 bridgehead atoms. The third-order valence-electron chi connectivity index (χ3n) is 8.04. The van der Waals surface area contributed by atoms with Crippen LogP contribution in [-0.4, -0.2) is 11.1 Å². The maximum Gasteiger partial charge on any atom is 0.120 e. The van der Waals surface area contributed by atoms with Crippen LogP contribution in [0.25, 0.3) is 0 Å². The lowest BCUT2D eigenvalue weighted by atomic mass is 9.55. The molecule has 0 radical (unpaired) electrons. The molecule has 0 unspecified atom stereocenters. The molecule has 2 heteroatoms. The molecule has 0 heterocycles. The Morgan fingerprint density at radius 3 is 2.80 bits per heavy atom. The lowest BCUT2D eigenvalue weighted by Gasteiger charge is -2.49. The smallest absolute Gasteiger partial charge is 0.120 e. The minimum atomic E-state index is 0.395. The summed E-state index contributed by atoms with van der Waals surface area (Å²) >= 11 is 0. The van der Waals surface area contributed by atoms with E-state index in [1.807, 2.05) is 0 Å². The van der Waals surface area contributed by atoms with Crippen molar-refractivity contribution in [3.05, 3.63) is 41.0 Å². The molecule has 0 aliphatic heterocycles. The molecule has 0 amide bonds. The Labute approximate surface area is 151 Å². The Morgan fingerprint density at radius 1 is 1.16 bits per heavy atom. The first-order chi connectivity index (χ1) is 12.1. The second-order valence-corrected chi connectivity index (χ2v) is 9.35. The molecule has 0 spiro atoms. The maximum absolute atomic E-state index is 10.5. The SMILES string of the molecule is C=C1CC[C@H]2[C@@H]3CCc4cc(O)c(CNC5CC5)cc4[C@H]3CC[C@]12C. The lowest BCUT2D eigenvalue weighted by Crippen LogP contribution is -2.40. The standard InChI is InChI=1S/C23H31NO/c1-14-3-8-21-19-7-4-15-12-22(25)16(13-24-17-5-6-17)11-20(15)18(19)9-10-23(14,21)2/h11-12,17-19,21,24-25H,1,3-10,13H2,2H3/t18-,19+,21-,23+/m0/s1. The van der Waals surface area contributed by atoms with Gasteiger partial charge < -0.3 is 10.4 Å². The van der Waals surface area contributed by atoms with Crippen molar-refractivity contribution < 1.29 is 5.11 Å². The van der Waals surface area contributed by atoms with Crippen molar-refractivity contribution in [2.75, 3.05) is 0 Å². The lowest BCUT2D eigenvalue weighted by molar-refractivity contribution is 0.0816. The second-order valence-electron chi connectivity index (χ2n) is 9.35. The predicted octanol–water partition coefficient (Wildman–Crippen LogP) is 5.06. The van der Waals surface area contributed by atoms with Gasteiger partial charge in [0.25, 0.3) is 0 Å². The summed E-state index contributed by atoms with van der Waals surface area (Å²) in [5.74, 6) is 2.85. The van der Waals surface area contributed by atoms with Gasteiger partial charge in [0, 0.05) is 18.2 Å². The molecular weight excluding hydrogens is 306 g/mol. The molecular formula is C23H31NO. The maximum atomic E-state index is 10.5. The normalized spacial score (nSPS) is 36.7. The van der Waals surface area contributed by atoms with Crippen molar-refractivity contribution in [1.29, 1.82) is 0 Å². The minimum Gasteiger partial charge on any atom is -0.508 e. The van der Waals surface area contributed by atoms with Crippen molar-refractivity contribution in [1.82, 2.24) is 5.32 Å². The van der Waals surface area contributed by atoms with E-state index in [2.05, 4.69) is 31.0 Å². The number of fused-ring (bicyclic) bond motifs is 5. The van der Waals surface area contributed by atoms with E-state index in [9.17, 15) is 5.11 Å². The van der Waals surface area contributed by atoms with Gasteiger partial charge in [0.05, 0.1) is 0 Å². The van der Waals surface area contributed by atoms with Gasteiger partial charge in [-0.3, -0.25) is 0 Å². The number of benzene rings is 1. The van der Waals surface area contributed by atoms with Crippen molar-refractivity contribution in [3.8, 4) is 5.75 Å². The van der Waals surface area contributed by atoms with Gasteiger partial charge in [-0.05, 0) is 91.7 Å². The number of hydrogen-bond acceptors (Lipinski definition) is 2. The molecule has 4 atom stereocenters. The average Bonchev–Trinajstić information content (AvgIpc) is 3.37. The summed E-state index contributed by atoms with van der Waals surface area (Å²) in [5, 5.41) is 14.0. The second kappa shape index (κ2) is 5.61. The third-order valence-corrected chi connectivity index (χ3v) is 8.04. The molecule has 2 N–H and O–H groups in total. The van der Waals surface area contributed by atoms with E-state index in [1.54, 1.807) is 5.56 Å². The number of aryl methyl sites for hydroxylation is 1. The summed E-state index contributed by atoms with van der Waals surface area (Å²) in [6, 6.07) is 5.11. The number of aromatic hydroxyl groups is 1. The molecule has 3 saturated carbocycles. The van der Waals surface area contributed by atoms with Gasteiger partial charge in [-0.1, -0.05) is 25.1 Å². The fraction of sp³-hybridized carbons (Fsp3) is 0.652. The van der Waals surface area contributed by atoms with E-state index in [1.165, 1.54) is 56.1 Å². The Hall–Kier alpha value is -1.28. The predicted molar refractivity (Wildman–Crippen MR) is 102 cm³/mol. The van der Waals surface area contributed by atoms with Crippen LogP contribution < -0.4 is 5.32 Å². The number of phenols is 1. The average molecular weight is 338 g/mol. The molecule has 25 heavy (non-hydrogen) atoms. The molecule has 2 nitrogen and oxygen atoms in total. The van der Waals surface area contributed by atoms with E-state index < -0.39 is 0 Å². The highest BCUT2D eigenvalue weighted by atomic mass is 16.3. The van der Waals surface area contributed by atoms with Crippen LogP contribution >= 0.6 is 0 Å². The van der Waals surface area contributed by atoms with Gasteiger partial charge in [-0.25, -0.2) is 0 Å². The van der Waals surface area contributed by atoms with Crippen LogP contribution in [0.5, 0.6) is 5.75 Å². The molecule has 3 fully saturated rings. The summed E-state index contributed by atoms with van der Waals surface area (Å²) < 4.78 is 0. The largest absolute Gasteiger partial charge is 0.508 e. The third kappa shape index (κ3) is 2.48. The Morgan fingerprint density at radius 2 is 2.00 bits per heavy atom. The summed E-state index contributed by atoms with van der Waals surface area (Å²) in [4.78, 5) is 0. The first-order valence-corrected chi connectivity index (χ1v) is 10.3. The number of phenolic OH excluding ortho intramolecular Hbond substituents is 1. The van der Waals surface area contributed by atoms with E-state index in [0.29, 0.717) is 23.1 Å². The highest BCUT2D eigenvalue weighted by Gasteiger charge is 2.51. The van der Waals surface area contributed by atoms with E-state index >= 15 is 0 Å². The first kappa shape index (κ1) is 15.9. The molecule has 1 aromatic rings. The number of nitrogens with one attached hydrogen (secondary N) is 1. The number of allylic oxidation sites excluding steroid dienone is 1. The van der Waals surface area contributed by atoms with Crippen molar-refractivity contribution in [3.63, 3.8) is 0 Å². The molecule has 134 valence electrons. The van der Waals surface area contributed by atoms with E-state index in [4.69, 9.17) is 0 Å². The topological polar surface area (TPSA) is 32.3 Å².